The number of rotatable bonds is 7. The average molecular weight is 505 g/mol. The van der Waals surface area contributed by atoms with E-state index in [9.17, 15) is 14.7 Å². The van der Waals surface area contributed by atoms with Crippen LogP contribution in [0.2, 0.25) is 5.02 Å². The number of aromatic nitrogens is 1. The second-order valence-corrected chi connectivity index (χ2v) is 8.66. The van der Waals surface area contributed by atoms with Crippen molar-refractivity contribution in [3.05, 3.63) is 99.9 Å². The number of carboxylic acids is 1. The molecule has 4 aromatic rings. The normalized spacial score (nSPS) is 12.1. The molecule has 0 radical (unpaired) electrons. The van der Waals surface area contributed by atoms with Crippen LogP contribution in [0, 0.1) is 6.92 Å². The Labute approximate surface area is 211 Å². The number of fused-ring (bicyclic) bond motifs is 3. The molecule has 5 rings (SSSR count). The molecular weight excluding hydrogens is 484 g/mol. The molecule has 0 fully saturated rings. The Bertz CT molecular complexity index is 1420. The maximum absolute atomic E-state index is 12.5. The molecule has 0 saturated carbocycles. The number of nitrogens with zero attached hydrogens (tertiary/aromatic N) is 1. The van der Waals surface area contributed by atoms with Crippen molar-refractivity contribution in [3.8, 4) is 16.9 Å². The zero-order chi connectivity index (χ0) is 25.2. The first-order valence-electron chi connectivity index (χ1n) is 11.1. The van der Waals surface area contributed by atoms with Gasteiger partial charge in [-0.3, -0.25) is 5.32 Å². The molecule has 1 amide bonds. The van der Waals surface area contributed by atoms with Gasteiger partial charge in [-0.05, 0) is 47.4 Å². The van der Waals surface area contributed by atoms with Gasteiger partial charge in [0, 0.05) is 11.6 Å². The average Bonchev–Trinajstić information content (AvgIpc) is 3.40. The van der Waals surface area contributed by atoms with Gasteiger partial charge < -0.3 is 19.1 Å². The van der Waals surface area contributed by atoms with Gasteiger partial charge in [-0.2, -0.15) is 0 Å². The molecular formula is C27H21ClN2O6. The molecule has 3 aromatic carbocycles. The zero-order valence-corrected chi connectivity index (χ0v) is 19.9. The molecule has 8 nitrogen and oxygen atoms in total. The summed E-state index contributed by atoms with van der Waals surface area (Å²) in [6.07, 6.45) is -0.604. The lowest BCUT2D eigenvalue weighted by atomic mass is 9.98. The van der Waals surface area contributed by atoms with E-state index in [0.717, 1.165) is 22.3 Å². The summed E-state index contributed by atoms with van der Waals surface area (Å²) < 4.78 is 16.1. The van der Waals surface area contributed by atoms with Crippen molar-refractivity contribution in [1.82, 2.24) is 5.16 Å². The Morgan fingerprint density at radius 3 is 2.36 bits per heavy atom. The van der Waals surface area contributed by atoms with Crippen LogP contribution in [0.1, 0.15) is 38.9 Å². The monoisotopic (exact) mass is 504 g/mol. The molecule has 0 bridgehead atoms. The van der Waals surface area contributed by atoms with Gasteiger partial charge in [0.25, 0.3) is 0 Å². The summed E-state index contributed by atoms with van der Waals surface area (Å²) in [6, 6.07) is 20.9. The van der Waals surface area contributed by atoms with Crippen LogP contribution >= 0.6 is 11.6 Å². The van der Waals surface area contributed by atoms with E-state index < -0.39 is 12.1 Å². The number of halogens is 1. The Hall–Kier alpha value is -4.30. The highest BCUT2D eigenvalue weighted by atomic mass is 35.5. The molecule has 0 aliphatic heterocycles. The molecule has 182 valence electrons. The van der Waals surface area contributed by atoms with Crippen molar-refractivity contribution in [2.45, 2.75) is 19.4 Å². The smallest absolute Gasteiger partial charge is 0.411 e. The fourth-order valence-corrected chi connectivity index (χ4v) is 4.56. The van der Waals surface area contributed by atoms with Gasteiger partial charge in [0.05, 0.1) is 10.6 Å². The number of ether oxygens (including phenoxy) is 2. The Kier molecular flexibility index (Phi) is 6.35. The Morgan fingerprint density at radius 1 is 1.06 bits per heavy atom. The molecule has 1 aromatic heterocycles. The highest BCUT2D eigenvalue weighted by Gasteiger charge is 2.29. The Morgan fingerprint density at radius 2 is 1.72 bits per heavy atom. The van der Waals surface area contributed by atoms with E-state index in [0.29, 0.717) is 22.8 Å². The first-order valence-corrected chi connectivity index (χ1v) is 11.5. The number of carbonyl (C=O) groups is 2. The van der Waals surface area contributed by atoms with Crippen molar-refractivity contribution < 1.29 is 28.7 Å². The van der Waals surface area contributed by atoms with Gasteiger partial charge in [0.15, 0.2) is 5.69 Å². The van der Waals surface area contributed by atoms with Crippen LogP contribution in [0.15, 0.2) is 71.3 Å². The summed E-state index contributed by atoms with van der Waals surface area (Å²) in [7, 11) is 0. The van der Waals surface area contributed by atoms with Crippen molar-refractivity contribution in [3.63, 3.8) is 0 Å². The number of carbonyl (C=O) groups excluding carboxylic acids is 1. The number of aryl methyl sites for hydroxylation is 1. The number of hydrogen-bond donors (Lipinski definition) is 2. The van der Waals surface area contributed by atoms with Gasteiger partial charge in [0.1, 0.15) is 24.7 Å². The molecule has 0 spiro atoms. The van der Waals surface area contributed by atoms with Crippen LogP contribution in [-0.2, 0) is 11.3 Å². The summed E-state index contributed by atoms with van der Waals surface area (Å²) in [5.74, 6) is -0.595. The number of aromatic carboxylic acids is 1. The van der Waals surface area contributed by atoms with Crippen molar-refractivity contribution in [2.75, 3.05) is 11.9 Å². The molecule has 1 aliphatic carbocycles. The first kappa shape index (κ1) is 23.4. The fraction of sp³-hybridized carbons (Fsp3) is 0.148. The summed E-state index contributed by atoms with van der Waals surface area (Å²) >= 11 is 6.32. The molecule has 0 atom stereocenters. The number of benzene rings is 3. The minimum absolute atomic E-state index is 0.0425. The van der Waals surface area contributed by atoms with E-state index in [1.807, 2.05) is 24.3 Å². The maximum Gasteiger partial charge on any atom is 0.411 e. The third kappa shape index (κ3) is 4.50. The van der Waals surface area contributed by atoms with Gasteiger partial charge in [-0.25, -0.2) is 9.59 Å². The summed E-state index contributed by atoms with van der Waals surface area (Å²) in [5, 5.41) is 15.6. The second-order valence-electron chi connectivity index (χ2n) is 8.26. The number of hydrogen-bond acceptors (Lipinski definition) is 6. The van der Waals surface area contributed by atoms with Gasteiger partial charge in [-0.15, -0.1) is 0 Å². The molecule has 0 saturated heterocycles. The molecule has 0 unspecified atom stereocenters. The topological polar surface area (TPSA) is 111 Å². The maximum atomic E-state index is 12.5. The van der Waals surface area contributed by atoms with Crippen LogP contribution in [0.3, 0.4) is 0 Å². The van der Waals surface area contributed by atoms with E-state index >= 15 is 0 Å². The van der Waals surface area contributed by atoms with E-state index in [1.54, 1.807) is 19.1 Å². The minimum Gasteiger partial charge on any atom is -0.487 e. The van der Waals surface area contributed by atoms with Crippen LogP contribution in [0.5, 0.6) is 5.75 Å². The quantitative estimate of drug-likeness (QED) is 0.305. The molecule has 1 heterocycles. The van der Waals surface area contributed by atoms with Gasteiger partial charge in [-0.1, -0.05) is 65.3 Å². The number of amides is 1. The van der Waals surface area contributed by atoms with Crippen molar-refractivity contribution in [2.24, 2.45) is 0 Å². The minimum atomic E-state index is -1.21. The second kappa shape index (κ2) is 9.75. The lowest BCUT2D eigenvalue weighted by molar-refractivity contribution is 0.0683. The number of carboxylic acid groups (broad SMARTS) is 1. The largest absolute Gasteiger partial charge is 0.487 e. The van der Waals surface area contributed by atoms with Crippen molar-refractivity contribution >= 4 is 29.4 Å². The molecule has 9 heteroatoms. The molecule has 36 heavy (non-hydrogen) atoms. The van der Waals surface area contributed by atoms with E-state index in [-0.39, 0.29) is 29.8 Å². The molecule has 1 aliphatic rings. The van der Waals surface area contributed by atoms with Gasteiger partial charge >= 0.3 is 12.1 Å². The summed E-state index contributed by atoms with van der Waals surface area (Å²) in [4.78, 5) is 23.8. The SMILES string of the molecule is Cc1onc(C(=O)O)c1COc1ccc(NC(=O)OCC2c3ccccc3-c3ccccc32)cc1Cl. The van der Waals surface area contributed by atoms with E-state index in [1.165, 1.54) is 6.07 Å². The van der Waals surface area contributed by atoms with E-state index in [2.05, 4.69) is 34.7 Å². The van der Waals surface area contributed by atoms with E-state index in [4.69, 9.17) is 25.6 Å². The number of anilines is 1. The molecule has 2 N–H and O–H groups in total. The first-order chi connectivity index (χ1) is 17.4. The van der Waals surface area contributed by atoms with Crippen LogP contribution in [-0.4, -0.2) is 28.9 Å². The lowest BCUT2D eigenvalue weighted by Crippen LogP contribution is -2.17. The summed E-state index contributed by atoms with van der Waals surface area (Å²) in [6.45, 7) is 1.70. The number of nitrogens with one attached hydrogen (secondary N) is 1. The van der Waals surface area contributed by atoms with Crippen LogP contribution < -0.4 is 10.1 Å². The Balaban J connectivity index is 1.21. The standard InChI is InChI=1S/C27H21ClN2O6/c1-15-21(25(26(31)32)30-36-15)13-34-24-11-10-16(12-23(24)28)29-27(33)35-14-22-19-8-4-2-6-17(19)18-7-3-5-9-20(18)22/h2-12,22H,13-14H2,1H3,(H,29,33)(H,31,32). The van der Waals surface area contributed by atoms with Gasteiger partial charge in [0.2, 0.25) is 0 Å². The predicted octanol–water partition coefficient (Wildman–Crippen LogP) is 6.27. The van der Waals surface area contributed by atoms with Crippen LogP contribution in [0.25, 0.3) is 11.1 Å². The zero-order valence-electron chi connectivity index (χ0n) is 19.2. The van der Waals surface area contributed by atoms with Crippen molar-refractivity contribution in [1.29, 1.82) is 0 Å². The lowest BCUT2D eigenvalue weighted by Gasteiger charge is -2.15. The highest BCUT2D eigenvalue weighted by molar-refractivity contribution is 6.32. The third-order valence-electron chi connectivity index (χ3n) is 6.08. The highest BCUT2D eigenvalue weighted by Crippen LogP contribution is 2.44. The third-order valence-corrected chi connectivity index (χ3v) is 6.38. The van der Waals surface area contributed by atoms with Crippen LogP contribution in [0.4, 0.5) is 10.5 Å². The summed E-state index contributed by atoms with van der Waals surface area (Å²) in [5.41, 5.74) is 5.10. The predicted molar refractivity (Wildman–Crippen MR) is 133 cm³/mol. The fourth-order valence-electron chi connectivity index (χ4n) is 4.33.